The molecule has 2 nitrogen and oxygen atoms in total. The molecular formula is C4H7ClN2. The van der Waals surface area contributed by atoms with Crippen LogP contribution in [0.1, 0.15) is 0 Å². The quantitative estimate of drug-likeness (QED) is 0.467. The molecule has 0 amide bonds. The molecule has 1 aliphatic heterocycles. The highest BCUT2D eigenvalue weighted by Crippen LogP contribution is 2.06. The Hall–Kier alpha value is -0.210. The summed E-state index contributed by atoms with van der Waals surface area (Å²) in [6.07, 6.45) is 1.92. The summed E-state index contributed by atoms with van der Waals surface area (Å²) in [4.78, 5) is 0. The van der Waals surface area contributed by atoms with Gasteiger partial charge in [-0.2, -0.15) is 0 Å². The second-order valence-electron chi connectivity index (χ2n) is 1.45. The van der Waals surface area contributed by atoms with Gasteiger partial charge in [-0.3, -0.25) is 0 Å². The predicted octanol–water partition coefficient (Wildman–Crippen LogP) is 0.517. The van der Waals surface area contributed by atoms with E-state index in [1.54, 1.807) is 5.01 Å². The Morgan fingerprint density at radius 2 is 2.71 bits per heavy atom. The SMILES string of the molecule is CN1NCC=C1Cl. The Labute approximate surface area is 47.7 Å². The number of hydrazine groups is 1. The van der Waals surface area contributed by atoms with Gasteiger partial charge in [0.25, 0.3) is 0 Å². The molecule has 1 aliphatic rings. The van der Waals surface area contributed by atoms with Crippen molar-refractivity contribution in [2.45, 2.75) is 0 Å². The third-order valence-corrected chi connectivity index (χ3v) is 1.33. The third kappa shape index (κ3) is 0.868. The molecule has 0 aromatic heterocycles. The van der Waals surface area contributed by atoms with E-state index in [-0.39, 0.29) is 0 Å². The fraction of sp³-hybridized carbons (Fsp3) is 0.500. The molecule has 0 atom stereocenters. The van der Waals surface area contributed by atoms with Crippen molar-refractivity contribution in [3.8, 4) is 0 Å². The Morgan fingerprint density at radius 1 is 2.00 bits per heavy atom. The second-order valence-corrected chi connectivity index (χ2v) is 1.84. The minimum atomic E-state index is 0.778. The van der Waals surface area contributed by atoms with Crippen molar-refractivity contribution in [1.29, 1.82) is 0 Å². The van der Waals surface area contributed by atoms with Crippen LogP contribution in [0.5, 0.6) is 0 Å². The molecule has 0 fully saturated rings. The van der Waals surface area contributed by atoms with Gasteiger partial charge in [0.05, 0.1) is 0 Å². The smallest absolute Gasteiger partial charge is 0.116 e. The molecule has 0 saturated heterocycles. The van der Waals surface area contributed by atoms with Crippen LogP contribution in [-0.4, -0.2) is 18.6 Å². The molecule has 0 spiro atoms. The first-order valence-corrected chi connectivity index (χ1v) is 2.51. The third-order valence-electron chi connectivity index (χ3n) is 0.919. The number of nitrogens with one attached hydrogen (secondary N) is 1. The molecular weight excluding hydrogens is 112 g/mol. The van der Waals surface area contributed by atoms with Crippen LogP contribution < -0.4 is 5.43 Å². The molecule has 1 N–H and O–H groups in total. The van der Waals surface area contributed by atoms with Gasteiger partial charge in [-0.05, 0) is 6.08 Å². The van der Waals surface area contributed by atoms with Gasteiger partial charge in [0.15, 0.2) is 0 Å². The summed E-state index contributed by atoms with van der Waals surface area (Å²) in [6.45, 7) is 0.856. The van der Waals surface area contributed by atoms with Crippen LogP contribution >= 0.6 is 11.6 Å². The maximum absolute atomic E-state index is 5.59. The first kappa shape index (κ1) is 4.94. The molecule has 1 rings (SSSR count). The molecule has 0 saturated carbocycles. The number of hydrogen-bond acceptors (Lipinski definition) is 2. The van der Waals surface area contributed by atoms with Crippen molar-refractivity contribution in [2.75, 3.05) is 13.6 Å². The maximum Gasteiger partial charge on any atom is 0.116 e. The summed E-state index contributed by atoms with van der Waals surface area (Å²) in [5.74, 6) is 0. The molecule has 0 unspecified atom stereocenters. The zero-order valence-corrected chi connectivity index (χ0v) is 4.87. The van der Waals surface area contributed by atoms with Crippen molar-refractivity contribution >= 4 is 11.6 Å². The summed E-state index contributed by atoms with van der Waals surface area (Å²) < 4.78 is 0. The van der Waals surface area contributed by atoms with Crippen molar-refractivity contribution < 1.29 is 0 Å². The topological polar surface area (TPSA) is 15.3 Å². The minimum absolute atomic E-state index is 0.778. The van der Waals surface area contributed by atoms with Crippen LogP contribution in [0.4, 0.5) is 0 Å². The standard InChI is InChI=1S/C4H7ClN2/c1-7-4(5)2-3-6-7/h2,6H,3H2,1H3. The van der Waals surface area contributed by atoms with E-state index in [4.69, 9.17) is 11.6 Å². The first-order chi connectivity index (χ1) is 3.30. The summed E-state index contributed by atoms with van der Waals surface area (Å²) in [7, 11) is 1.88. The van der Waals surface area contributed by atoms with E-state index in [0.717, 1.165) is 11.7 Å². The van der Waals surface area contributed by atoms with E-state index in [9.17, 15) is 0 Å². The highest BCUT2D eigenvalue weighted by Gasteiger charge is 2.03. The van der Waals surface area contributed by atoms with Crippen molar-refractivity contribution in [3.05, 3.63) is 11.2 Å². The normalized spacial score (nSPS) is 20.3. The van der Waals surface area contributed by atoms with Gasteiger partial charge < -0.3 is 5.01 Å². The van der Waals surface area contributed by atoms with Gasteiger partial charge in [0.1, 0.15) is 5.16 Å². The van der Waals surface area contributed by atoms with Gasteiger partial charge >= 0.3 is 0 Å². The molecule has 0 aromatic rings. The van der Waals surface area contributed by atoms with Crippen molar-refractivity contribution in [3.63, 3.8) is 0 Å². The van der Waals surface area contributed by atoms with Gasteiger partial charge in [0.2, 0.25) is 0 Å². The van der Waals surface area contributed by atoms with Crippen LogP contribution in [0, 0.1) is 0 Å². The Kier molecular flexibility index (Phi) is 1.21. The fourth-order valence-electron chi connectivity index (χ4n) is 0.479. The van der Waals surface area contributed by atoms with Gasteiger partial charge in [-0.1, -0.05) is 11.6 Å². The van der Waals surface area contributed by atoms with Gasteiger partial charge in [-0.25, -0.2) is 5.43 Å². The lowest BCUT2D eigenvalue weighted by Crippen LogP contribution is -2.25. The van der Waals surface area contributed by atoms with Crippen LogP contribution in [0.3, 0.4) is 0 Å². The maximum atomic E-state index is 5.59. The predicted molar refractivity (Wildman–Crippen MR) is 29.7 cm³/mol. The summed E-state index contributed by atoms with van der Waals surface area (Å²) in [5.41, 5.74) is 2.98. The van der Waals surface area contributed by atoms with E-state index >= 15 is 0 Å². The number of nitrogens with zero attached hydrogens (tertiary/aromatic N) is 1. The largest absolute Gasteiger partial charge is 0.301 e. The first-order valence-electron chi connectivity index (χ1n) is 2.13. The molecule has 7 heavy (non-hydrogen) atoms. The van der Waals surface area contributed by atoms with E-state index in [1.165, 1.54) is 0 Å². The lowest BCUT2D eigenvalue weighted by molar-refractivity contribution is 0.364. The molecule has 0 aromatic carbocycles. The van der Waals surface area contributed by atoms with E-state index < -0.39 is 0 Å². The van der Waals surface area contributed by atoms with Crippen LogP contribution in [0.2, 0.25) is 0 Å². The molecule has 0 aliphatic carbocycles. The van der Waals surface area contributed by atoms with Crippen LogP contribution in [0.25, 0.3) is 0 Å². The summed E-state index contributed by atoms with van der Waals surface area (Å²) in [6, 6.07) is 0. The molecule has 40 valence electrons. The number of halogens is 1. The average molecular weight is 119 g/mol. The average Bonchev–Trinajstić information content (AvgIpc) is 1.91. The second kappa shape index (κ2) is 1.72. The van der Waals surface area contributed by atoms with E-state index in [0.29, 0.717) is 0 Å². The lowest BCUT2D eigenvalue weighted by atomic mass is 10.6. The van der Waals surface area contributed by atoms with Crippen molar-refractivity contribution in [2.24, 2.45) is 0 Å². The van der Waals surface area contributed by atoms with Gasteiger partial charge in [-0.15, -0.1) is 0 Å². The molecule has 3 heteroatoms. The highest BCUT2D eigenvalue weighted by molar-refractivity contribution is 6.29. The zero-order valence-electron chi connectivity index (χ0n) is 4.11. The highest BCUT2D eigenvalue weighted by atomic mass is 35.5. The zero-order chi connectivity index (χ0) is 5.28. The van der Waals surface area contributed by atoms with Crippen LogP contribution in [-0.2, 0) is 0 Å². The van der Waals surface area contributed by atoms with E-state index in [2.05, 4.69) is 5.43 Å². The van der Waals surface area contributed by atoms with E-state index in [1.807, 2.05) is 13.1 Å². The number of rotatable bonds is 0. The number of hydrogen-bond donors (Lipinski definition) is 1. The Bertz CT molecular complexity index is 99.9. The monoisotopic (exact) mass is 118 g/mol. The Balaban J connectivity index is 2.54. The molecule has 1 heterocycles. The molecule has 0 bridgehead atoms. The lowest BCUT2D eigenvalue weighted by Gasteiger charge is -2.09. The minimum Gasteiger partial charge on any atom is -0.301 e. The molecule has 0 radical (unpaired) electrons. The Morgan fingerprint density at radius 3 is 2.86 bits per heavy atom. The van der Waals surface area contributed by atoms with Crippen molar-refractivity contribution in [1.82, 2.24) is 10.4 Å². The summed E-state index contributed by atoms with van der Waals surface area (Å²) >= 11 is 5.59. The fourth-order valence-corrected chi connectivity index (χ4v) is 0.616. The van der Waals surface area contributed by atoms with Crippen LogP contribution in [0.15, 0.2) is 11.2 Å². The summed E-state index contributed by atoms with van der Waals surface area (Å²) in [5, 5.41) is 2.56. The van der Waals surface area contributed by atoms with Gasteiger partial charge in [0, 0.05) is 13.6 Å².